The first-order valence-electron chi connectivity index (χ1n) is 4.68. The van der Waals surface area contributed by atoms with Gasteiger partial charge in [0.1, 0.15) is 0 Å². The van der Waals surface area contributed by atoms with Gasteiger partial charge in [-0.25, -0.2) is 4.98 Å². The van der Waals surface area contributed by atoms with E-state index >= 15 is 0 Å². The van der Waals surface area contributed by atoms with Crippen LogP contribution in [0.2, 0.25) is 0 Å². The highest BCUT2D eigenvalue weighted by Crippen LogP contribution is 2.14. The molecule has 0 spiro atoms. The molecule has 1 N–H and O–H groups in total. The van der Waals surface area contributed by atoms with Gasteiger partial charge in [0, 0.05) is 17.5 Å². The number of hydrogen-bond donors (Lipinski definition) is 1. The van der Waals surface area contributed by atoms with Gasteiger partial charge in [0.25, 0.3) is 0 Å². The first kappa shape index (κ1) is 10.7. The second kappa shape index (κ2) is 4.72. The third-order valence-corrected chi connectivity index (χ3v) is 3.12. The highest BCUT2D eigenvalue weighted by Gasteiger charge is 2.09. The Balaban J connectivity index is 2.35. The minimum Gasteiger partial charge on any atom is -0.393 e. The summed E-state index contributed by atoms with van der Waals surface area (Å²) in [6.07, 6.45) is 1.53. The van der Waals surface area contributed by atoms with Crippen molar-refractivity contribution in [1.82, 2.24) is 4.98 Å². The quantitative estimate of drug-likeness (QED) is 0.807. The molecule has 2 nitrogen and oxygen atoms in total. The van der Waals surface area contributed by atoms with Crippen LogP contribution in [-0.4, -0.2) is 16.2 Å². The summed E-state index contributed by atoms with van der Waals surface area (Å²) in [5.41, 5.74) is 1.08. The standard InChI is InChI=1S/C10H17NOS/c1-7(2)9(12)4-5-10-11-8(3)6-13-10/h6-7,9,12H,4-5H2,1-3H3. The van der Waals surface area contributed by atoms with Gasteiger partial charge < -0.3 is 5.11 Å². The highest BCUT2D eigenvalue weighted by molar-refractivity contribution is 7.09. The van der Waals surface area contributed by atoms with E-state index in [9.17, 15) is 5.11 Å². The Kier molecular flexibility index (Phi) is 3.88. The lowest BCUT2D eigenvalue weighted by Gasteiger charge is -2.12. The van der Waals surface area contributed by atoms with Gasteiger partial charge in [-0.3, -0.25) is 0 Å². The Morgan fingerprint density at radius 1 is 1.54 bits per heavy atom. The zero-order chi connectivity index (χ0) is 9.84. The van der Waals surface area contributed by atoms with Crippen LogP contribution in [0, 0.1) is 12.8 Å². The van der Waals surface area contributed by atoms with Crippen LogP contribution in [0.5, 0.6) is 0 Å². The van der Waals surface area contributed by atoms with E-state index in [-0.39, 0.29) is 6.10 Å². The normalized spacial score (nSPS) is 13.6. The number of hydrogen-bond acceptors (Lipinski definition) is 3. The molecule has 1 aromatic rings. The van der Waals surface area contributed by atoms with Crippen LogP contribution < -0.4 is 0 Å². The third kappa shape index (κ3) is 3.44. The largest absolute Gasteiger partial charge is 0.393 e. The maximum Gasteiger partial charge on any atom is 0.0929 e. The summed E-state index contributed by atoms with van der Waals surface area (Å²) >= 11 is 1.68. The van der Waals surface area contributed by atoms with Gasteiger partial charge in [-0.2, -0.15) is 0 Å². The summed E-state index contributed by atoms with van der Waals surface area (Å²) in [4.78, 5) is 4.35. The molecule has 0 aromatic carbocycles. The molecule has 1 aromatic heterocycles. The van der Waals surface area contributed by atoms with E-state index < -0.39 is 0 Å². The van der Waals surface area contributed by atoms with E-state index in [0.717, 1.165) is 23.5 Å². The highest BCUT2D eigenvalue weighted by atomic mass is 32.1. The van der Waals surface area contributed by atoms with Gasteiger partial charge in [0.15, 0.2) is 0 Å². The molecule has 0 radical (unpaired) electrons. The Morgan fingerprint density at radius 3 is 2.69 bits per heavy atom. The number of rotatable bonds is 4. The molecule has 1 atom stereocenters. The molecule has 0 saturated carbocycles. The van der Waals surface area contributed by atoms with Crippen molar-refractivity contribution in [3.8, 4) is 0 Å². The fraction of sp³-hybridized carbons (Fsp3) is 0.700. The number of aryl methyl sites for hydroxylation is 2. The molecular formula is C10H17NOS. The zero-order valence-electron chi connectivity index (χ0n) is 8.45. The van der Waals surface area contributed by atoms with Gasteiger partial charge in [-0.15, -0.1) is 11.3 Å². The van der Waals surface area contributed by atoms with Crippen LogP contribution >= 0.6 is 11.3 Å². The molecule has 0 aliphatic rings. The van der Waals surface area contributed by atoms with E-state index in [1.54, 1.807) is 11.3 Å². The summed E-state index contributed by atoms with van der Waals surface area (Å²) in [6.45, 7) is 6.08. The van der Waals surface area contributed by atoms with Crippen molar-refractivity contribution in [2.24, 2.45) is 5.92 Å². The lowest BCUT2D eigenvalue weighted by Crippen LogP contribution is -2.15. The molecule has 0 fully saturated rings. The van der Waals surface area contributed by atoms with Gasteiger partial charge in [0.2, 0.25) is 0 Å². The van der Waals surface area contributed by atoms with Crippen LogP contribution in [0.15, 0.2) is 5.38 Å². The third-order valence-electron chi connectivity index (χ3n) is 2.09. The maximum atomic E-state index is 9.57. The molecule has 74 valence electrons. The fourth-order valence-corrected chi connectivity index (χ4v) is 1.91. The molecule has 1 rings (SSSR count). The molecule has 1 unspecified atom stereocenters. The molecule has 0 aliphatic heterocycles. The van der Waals surface area contributed by atoms with E-state index in [2.05, 4.69) is 10.4 Å². The number of aliphatic hydroxyl groups is 1. The zero-order valence-corrected chi connectivity index (χ0v) is 9.27. The van der Waals surface area contributed by atoms with Crippen molar-refractivity contribution < 1.29 is 5.11 Å². The molecule has 13 heavy (non-hydrogen) atoms. The average Bonchev–Trinajstić information content (AvgIpc) is 2.47. The predicted octanol–water partition coefficient (Wildman–Crippen LogP) is 2.40. The minimum atomic E-state index is -0.191. The second-order valence-electron chi connectivity index (χ2n) is 3.73. The van der Waals surface area contributed by atoms with Crippen molar-refractivity contribution in [2.75, 3.05) is 0 Å². The van der Waals surface area contributed by atoms with Crippen LogP contribution in [0.4, 0.5) is 0 Å². The van der Waals surface area contributed by atoms with Crippen molar-refractivity contribution in [2.45, 2.75) is 39.7 Å². The van der Waals surface area contributed by atoms with Crippen LogP contribution in [0.3, 0.4) is 0 Å². The number of thiazole rings is 1. The van der Waals surface area contributed by atoms with E-state index in [4.69, 9.17) is 0 Å². The van der Waals surface area contributed by atoms with Crippen molar-refractivity contribution in [3.63, 3.8) is 0 Å². The Labute approximate surface area is 83.6 Å². The van der Waals surface area contributed by atoms with Gasteiger partial charge >= 0.3 is 0 Å². The molecule has 1 heterocycles. The monoisotopic (exact) mass is 199 g/mol. The molecule has 0 aliphatic carbocycles. The smallest absolute Gasteiger partial charge is 0.0929 e. The summed E-state index contributed by atoms with van der Waals surface area (Å²) in [5.74, 6) is 0.348. The SMILES string of the molecule is Cc1csc(CCC(O)C(C)C)n1. The second-order valence-corrected chi connectivity index (χ2v) is 4.68. The first-order valence-corrected chi connectivity index (χ1v) is 5.56. The van der Waals surface area contributed by atoms with Gasteiger partial charge in [-0.1, -0.05) is 13.8 Å². The van der Waals surface area contributed by atoms with Crippen LogP contribution in [0.1, 0.15) is 31.0 Å². The van der Waals surface area contributed by atoms with E-state index in [0.29, 0.717) is 5.92 Å². The van der Waals surface area contributed by atoms with Gasteiger partial charge in [-0.05, 0) is 19.3 Å². The summed E-state index contributed by atoms with van der Waals surface area (Å²) in [5, 5.41) is 12.8. The Hall–Kier alpha value is -0.410. The van der Waals surface area contributed by atoms with E-state index in [1.807, 2.05) is 20.8 Å². The topological polar surface area (TPSA) is 33.1 Å². The van der Waals surface area contributed by atoms with Crippen LogP contribution in [0.25, 0.3) is 0 Å². The maximum absolute atomic E-state index is 9.57. The number of nitrogens with zero attached hydrogens (tertiary/aromatic N) is 1. The summed E-state index contributed by atoms with van der Waals surface area (Å²) in [7, 11) is 0. The van der Waals surface area contributed by atoms with Gasteiger partial charge in [0.05, 0.1) is 11.1 Å². The predicted molar refractivity (Wildman–Crippen MR) is 56.0 cm³/mol. The van der Waals surface area contributed by atoms with Crippen molar-refractivity contribution >= 4 is 11.3 Å². The lowest BCUT2D eigenvalue weighted by molar-refractivity contribution is 0.116. The fourth-order valence-electron chi connectivity index (χ4n) is 1.12. The number of aromatic nitrogens is 1. The van der Waals surface area contributed by atoms with Crippen molar-refractivity contribution in [3.05, 3.63) is 16.1 Å². The molecule has 3 heteroatoms. The first-order chi connectivity index (χ1) is 6.09. The minimum absolute atomic E-state index is 0.191. The summed E-state index contributed by atoms with van der Waals surface area (Å²) < 4.78 is 0. The molecule has 0 saturated heterocycles. The van der Waals surface area contributed by atoms with Crippen molar-refractivity contribution in [1.29, 1.82) is 0 Å². The van der Waals surface area contributed by atoms with E-state index in [1.165, 1.54) is 0 Å². The average molecular weight is 199 g/mol. The Morgan fingerprint density at radius 2 is 2.23 bits per heavy atom. The van der Waals surface area contributed by atoms with Crippen LogP contribution in [-0.2, 0) is 6.42 Å². The lowest BCUT2D eigenvalue weighted by atomic mass is 10.0. The summed E-state index contributed by atoms with van der Waals surface area (Å²) in [6, 6.07) is 0. The molecule has 0 amide bonds. The Bertz CT molecular complexity index is 257. The number of aliphatic hydroxyl groups excluding tert-OH is 1. The molecule has 0 bridgehead atoms. The molecular weight excluding hydrogens is 182 g/mol.